The first-order valence-corrected chi connectivity index (χ1v) is 5.34. The summed E-state index contributed by atoms with van der Waals surface area (Å²) in [7, 11) is 0. The van der Waals surface area contributed by atoms with Crippen LogP contribution in [-0.2, 0) is 6.42 Å². The number of aryl methyl sites for hydroxylation is 1. The van der Waals surface area contributed by atoms with E-state index in [1.165, 1.54) is 0 Å². The first-order chi connectivity index (χ1) is 8.24. The highest BCUT2D eigenvalue weighted by Crippen LogP contribution is 2.16. The van der Waals surface area contributed by atoms with E-state index < -0.39 is 0 Å². The number of oxazole rings is 1. The number of fused-ring (bicyclic) bond motifs is 1. The molecule has 2 aromatic heterocycles. The lowest BCUT2D eigenvalue weighted by Crippen LogP contribution is -2.06. The van der Waals surface area contributed by atoms with E-state index in [0.29, 0.717) is 17.9 Å². The average Bonchev–Trinajstić information content (AvgIpc) is 2.87. The molecule has 86 valence electrons. The van der Waals surface area contributed by atoms with Crippen molar-refractivity contribution in [3.05, 3.63) is 51.8 Å². The lowest BCUT2D eigenvalue weighted by Gasteiger charge is -1.91. The molecule has 0 aliphatic carbocycles. The fourth-order valence-electron chi connectivity index (χ4n) is 1.83. The SMILES string of the molecule is Cc1[nH][nH]c(=O)c1Cc1nc2ccccc2o1. The van der Waals surface area contributed by atoms with Crippen LogP contribution in [0, 0.1) is 6.92 Å². The molecule has 0 bridgehead atoms. The molecule has 3 aromatic rings. The van der Waals surface area contributed by atoms with Crippen LogP contribution in [0.4, 0.5) is 0 Å². The first kappa shape index (κ1) is 9.89. The van der Waals surface area contributed by atoms with Crippen molar-refractivity contribution in [1.29, 1.82) is 0 Å². The molecule has 0 fully saturated rings. The molecule has 5 heteroatoms. The van der Waals surface area contributed by atoms with E-state index in [9.17, 15) is 4.79 Å². The number of aromatic amines is 2. The van der Waals surface area contributed by atoms with Crippen molar-refractivity contribution in [2.24, 2.45) is 0 Å². The van der Waals surface area contributed by atoms with Crippen molar-refractivity contribution in [1.82, 2.24) is 15.2 Å². The van der Waals surface area contributed by atoms with Gasteiger partial charge in [-0.1, -0.05) is 12.1 Å². The van der Waals surface area contributed by atoms with E-state index in [2.05, 4.69) is 15.2 Å². The van der Waals surface area contributed by atoms with Gasteiger partial charge in [0.25, 0.3) is 5.56 Å². The zero-order chi connectivity index (χ0) is 11.8. The fraction of sp³-hybridized carbons (Fsp3) is 0.167. The van der Waals surface area contributed by atoms with Gasteiger partial charge in [-0.25, -0.2) is 4.98 Å². The van der Waals surface area contributed by atoms with E-state index >= 15 is 0 Å². The van der Waals surface area contributed by atoms with Crippen molar-refractivity contribution in [3.8, 4) is 0 Å². The van der Waals surface area contributed by atoms with Gasteiger partial charge in [0.15, 0.2) is 11.5 Å². The number of H-pyrrole nitrogens is 2. The minimum Gasteiger partial charge on any atom is -0.440 e. The van der Waals surface area contributed by atoms with Gasteiger partial charge in [-0.05, 0) is 19.1 Å². The van der Waals surface area contributed by atoms with E-state index in [4.69, 9.17) is 4.42 Å². The predicted octanol–water partition coefficient (Wildman–Crippen LogP) is 1.74. The largest absolute Gasteiger partial charge is 0.440 e. The van der Waals surface area contributed by atoms with Crippen molar-refractivity contribution in [2.45, 2.75) is 13.3 Å². The Morgan fingerprint density at radius 2 is 2.12 bits per heavy atom. The van der Waals surface area contributed by atoms with Gasteiger partial charge in [-0.3, -0.25) is 9.89 Å². The monoisotopic (exact) mass is 229 g/mol. The van der Waals surface area contributed by atoms with Gasteiger partial charge in [0.2, 0.25) is 0 Å². The molecule has 5 nitrogen and oxygen atoms in total. The summed E-state index contributed by atoms with van der Waals surface area (Å²) in [5.41, 5.74) is 2.91. The Bertz CT molecular complexity index is 688. The maximum Gasteiger partial charge on any atom is 0.267 e. The molecule has 2 heterocycles. The molecule has 0 atom stereocenters. The van der Waals surface area contributed by atoms with Gasteiger partial charge >= 0.3 is 0 Å². The Morgan fingerprint density at radius 3 is 2.82 bits per heavy atom. The van der Waals surface area contributed by atoms with Crippen LogP contribution < -0.4 is 5.56 Å². The maximum atomic E-state index is 11.5. The molecule has 17 heavy (non-hydrogen) atoms. The van der Waals surface area contributed by atoms with Crippen molar-refractivity contribution in [3.63, 3.8) is 0 Å². The van der Waals surface area contributed by atoms with Gasteiger partial charge in [0, 0.05) is 11.3 Å². The predicted molar refractivity (Wildman–Crippen MR) is 63.0 cm³/mol. The molecule has 0 radical (unpaired) electrons. The normalized spacial score (nSPS) is 11.1. The highest BCUT2D eigenvalue weighted by atomic mass is 16.3. The molecule has 0 amide bonds. The van der Waals surface area contributed by atoms with Crippen molar-refractivity contribution < 1.29 is 4.42 Å². The summed E-state index contributed by atoms with van der Waals surface area (Å²) < 4.78 is 5.57. The molecule has 0 saturated carbocycles. The molecular weight excluding hydrogens is 218 g/mol. The Labute approximate surface area is 96.5 Å². The summed E-state index contributed by atoms with van der Waals surface area (Å²) in [5.74, 6) is 0.555. The molecule has 3 rings (SSSR count). The van der Waals surface area contributed by atoms with Crippen LogP contribution in [0.25, 0.3) is 11.1 Å². The molecule has 1 aromatic carbocycles. The van der Waals surface area contributed by atoms with Crippen LogP contribution in [0.15, 0.2) is 33.5 Å². The van der Waals surface area contributed by atoms with Crippen LogP contribution in [0.5, 0.6) is 0 Å². The summed E-state index contributed by atoms with van der Waals surface area (Å²) in [5, 5.41) is 5.32. The summed E-state index contributed by atoms with van der Waals surface area (Å²) in [6, 6.07) is 7.55. The second kappa shape index (κ2) is 3.62. The smallest absolute Gasteiger partial charge is 0.267 e. The lowest BCUT2D eigenvalue weighted by molar-refractivity contribution is 0.543. The summed E-state index contributed by atoms with van der Waals surface area (Å²) >= 11 is 0. The van der Waals surface area contributed by atoms with Gasteiger partial charge < -0.3 is 9.52 Å². The number of hydrogen-bond donors (Lipinski definition) is 2. The second-order valence-corrected chi connectivity index (χ2v) is 3.93. The number of benzene rings is 1. The number of aromatic nitrogens is 3. The van der Waals surface area contributed by atoms with E-state index in [1.54, 1.807) is 0 Å². The summed E-state index contributed by atoms with van der Waals surface area (Å²) in [6.45, 7) is 1.84. The third kappa shape index (κ3) is 1.65. The second-order valence-electron chi connectivity index (χ2n) is 3.93. The minimum absolute atomic E-state index is 0.121. The Kier molecular flexibility index (Phi) is 2.11. The van der Waals surface area contributed by atoms with Gasteiger partial charge in [-0.15, -0.1) is 0 Å². The first-order valence-electron chi connectivity index (χ1n) is 5.34. The number of hydrogen-bond acceptors (Lipinski definition) is 3. The van der Waals surface area contributed by atoms with Gasteiger partial charge in [0.05, 0.1) is 6.42 Å². The molecule has 0 aliphatic heterocycles. The Balaban J connectivity index is 2.03. The standard InChI is InChI=1S/C12H11N3O2/c1-7-8(12(16)15-14-7)6-11-13-9-4-2-3-5-10(9)17-11/h2-5H,6H2,1H3,(H2,14,15,16). The Morgan fingerprint density at radius 1 is 1.29 bits per heavy atom. The highest BCUT2D eigenvalue weighted by molar-refractivity contribution is 5.72. The topological polar surface area (TPSA) is 74.7 Å². The summed E-state index contributed by atoms with van der Waals surface area (Å²) in [4.78, 5) is 15.8. The van der Waals surface area contributed by atoms with E-state index in [1.807, 2.05) is 31.2 Å². The lowest BCUT2D eigenvalue weighted by atomic mass is 10.2. The number of nitrogens with zero attached hydrogens (tertiary/aromatic N) is 1. The average molecular weight is 229 g/mol. The quantitative estimate of drug-likeness (QED) is 0.702. The molecule has 2 N–H and O–H groups in total. The zero-order valence-electron chi connectivity index (χ0n) is 9.28. The third-order valence-electron chi connectivity index (χ3n) is 2.76. The van der Waals surface area contributed by atoms with Crippen LogP contribution in [-0.4, -0.2) is 15.2 Å². The zero-order valence-corrected chi connectivity index (χ0v) is 9.28. The minimum atomic E-state index is -0.121. The molecular formula is C12H11N3O2. The van der Waals surface area contributed by atoms with Crippen molar-refractivity contribution in [2.75, 3.05) is 0 Å². The van der Waals surface area contributed by atoms with Crippen LogP contribution in [0.1, 0.15) is 17.1 Å². The Hall–Kier alpha value is -2.30. The fourth-order valence-corrected chi connectivity index (χ4v) is 1.83. The molecule has 0 spiro atoms. The van der Waals surface area contributed by atoms with E-state index in [0.717, 1.165) is 16.8 Å². The van der Waals surface area contributed by atoms with Crippen molar-refractivity contribution >= 4 is 11.1 Å². The van der Waals surface area contributed by atoms with Gasteiger partial charge in [0.1, 0.15) is 5.52 Å². The van der Waals surface area contributed by atoms with Gasteiger partial charge in [-0.2, -0.15) is 0 Å². The number of rotatable bonds is 2. The van der Waals surface area contributed by atoms with Crippen LogP contribution >= 0.6 is 0 Å². The van der Waals surface area contributed by atoms with Crippen LogP contribution in [0.3, 0.4) is 0 Å². The third-order valence-corrected chi connectivity index (χ3v) is 2.76. The summed E-state index contributed by atoms with van der Waals surface area (Å²) in [6.07, 6.45) is 0.402. The van der Waals surface area contributed by atoms with E-state index in [-0.39, 0.29) is 5.56 Å². The number of nitrogens with one attached hydrogen (secondary N) is 2. The molecule has 0 unspecified atom stereocenters. The molecule has 0 saturated heterocycles. The van der Waals surface area contributed by atoms with Crippen LogP contribution in [0.2, 0.25) is 0 Å². The molecule has 0 aliphatic rings. The highest BCUT2D eigenvalue weighted by Gasteiger charge is 2.11. The maximum absolute atomic E-state index is 11.5. The number of para-hydroxylation sites is 2.